The van der Waals surface area contributed by atoms with Crippen LogP contribution < -0.4 is 5.32 Å². The first kappa shape index (κ1) is 16.2. The highest BCUT2D eigenvalue weighted by Gasteiger charge is 2.32. The van der Waals surface area contributed by atoms with Crippen LogP contribution in [-0.4, -0.2) is 33.1 Å². The van der Waals surface area contributed by atoms with E-state index in [-0.39, 0.29) is 12.3 Å². The first-order valence-electron chi connectivity index (χ1n) is 6.90. The van der Waals surface area contributed by atoms with Gasteiger partial charge in [-0.05, 0) is 18.9 Å². The standard InChI is InChI=1S/C15H17N3O3S/c1-3-11(10-6-4-9(2)5-7-10)17-18-15-16-14(21)12(22-15)8-13(19)20/h4-7,12H,3,8H2,1-2H3,(H,19,20)(H,16,18,21). The Morgan fingerprint density at radius 3 is 2.64 bits per heavy atom. The number of hydrogen-bond acceptors (Lipinski definition) is 5. The maximum atomic E-state index is 11.6. The molecule has 2 N–H and O–H groups in total. The van der Waals surface area contributed by atoms with Gasteiger partial charge in [-0.1, -0.05) is 48.5 Å². The Hall–Kier alpha value is -2.15. The van der Waals surface area contributed by atoms with Crippen LogP contribution in [0.2, 0.25) is 0 Å². The van der Waals surface area contributed by atoms with E-state index in [1.807, 2.05) is 38.1 Å². The number of carbonyl (C=O) groups excluding carboxylic acids is 1. The van der Waals surface area contributed by atoms with E-state index in [0.717, 1.165) is 23.0 Å². The Balaban J connectivity index is 2.13. The monoisotopic (exact) mass is 319 g/mol. The highest BCUT2D eigenvalue weighted by Crippen LogP contribution is 2.22. The van der Waals surface area contributed by atoms with E-state index in [1.54, 1.807) is 0 Å². The molecular weight excluding hydrogens is 302 g/mol. The molecule has 0 saturated carbocycles. The summed E-state index contributed by atoms with van der Waals surface area (Å²) >= 11 is 1.10. The van der Waals surface area contributed by atoms with Crippen LogP contribution >= 0.6 is 11.8 Å². The van der Waals surface area contributed by atoms with Crippen LogP contribution in [0.4, 0.5) is 0 Å². The number of amides is 1. The van der Waals surface area contributed by atoms with E-state index in [0.29, 0.717) is 11.6 Å². The Morgan fingerprint density at radius 1 is 1.36 bits per heavy atom. The third kappa shape index (κ3) is 4.17. The summed E-state index contributed by atoms with van der Waals surface area (Å²) < 4.78 is 0. The van der Waals surface area contributed by atoms with Gasteiger partial charge in [0.1, 0.15) is 5.25 Å². The molecule has 1 aliphatic rings. The number of aryl methyl sites for hydroxylation is 1. The quantitative estimate of drug-likeness (QED) is 0.643. The average Bonchev–Trinajstić information content (AvgIpc) is 2.81. The number of thioether (sulfide) groups is 1. The van der Waals surface area contributed by atoms with Crippen LogP contribution in [0, 0.1) is 6.92 Å². The molecule has 1 aromatic carbocycles. The largest absolute Gasteiger partial charge is 0.481 e. The summed E-state index contributed by atoms with van der Waals surface area (Å²) in [6.45, 7) is 3.99. The lowest BCUT2D eigenvalue weighted by Crippen LogP contribution is -2.26. The minimum atomic E-state index is -1.01. The lowest BCUT2D eigenvalue weighted by molar-refractivity contribution is -0.138. The van der Waals surface area contributed by atoms with Crippen LogP contribution in [-0.2, 0) is 9.59 Å². The maximum Gasteiger partial charge on any atom is 0.305 e. The van der Waals surface area contributed by atoms with Crippen molar-refractivity contribution in [3.63, 3.8) is 0 Å². The van der Waals surface area contributed by atoms with Crippen LogP contribution in [0.25, 0.3) is 0 Å². The van der Waals surface area contributed by atoms with E-state index < -0.39 is 11.2 Å². The van der Waals surface area contributed by atoms with E-state index in [9.17, 15) is 9.59 Å². The van der Waals surface area contributed by atoms with Gasteiger partial charge in [0.25, 0.3) is 0 Å². The minimum absolute atomic E-state index is 0.224. The summed E-state index contributed by atoms with van der Waals surface area (Å²) in [5, 5.41) is 19.2. The molecule has 2 rings (SSSR count). The van der Waals surface area contributed by atoms with Crippen molar-refractivity contribution in [2.75, 3.05) is 0 Å². The predicted octanol–water partition coefficient (Wildman–Crippen LogP) is 2.17. The van der Waals surface area contributed by atoms with E-state index >= 15 is 0 Å². The van der Waals surface area contributed by atoms with E-state index in [4.69, 9.17) is 5.11 Å². The Kier molecular flexibility index (Phi) is 5.32. The molecule has 0 spiro atoms. The zero-order valence-corrected chi connectivity index (χ0v) is 13.2. The number of carbonyl (C=O) groups is 2. The summed E-state index contributed by atoms with van der Waals surface area (Å²) in [5.41, 5.74) is 2.96. The number of benzene rings is 1. The van der Waals surface area contributed by atoms with Crippen LogP contribution in [0.15, 0.2) is 34.5 Å². The topological polar surface area (TPSA) is 91.1 Å². The van der Waals surface area contributed by atoms with E-state index in [1.165, 1.54) is 5.56 Å². The van der Waals surface area contributed by atoms with Crippen molar-refractivity contribution in [2.24, 2.45) is 10.2 Å². The molecule has 1 saturated heterocycles. The molecule has 1 aliphatic heterocycles. The van der Waals surface area contributed by atoms with Gasteiger partial charge in [-0.3, -0.25) is 9.59 Å². The van der Waals surface area contributed by atoms with Gasteiger partial charge in [-0.25, -0.2) is 0 Å². The smallest absolute Gasteiger partial charge is 0.305 e. The van der Waals surface area contributed by atoms with Crippen LogP contribution in [0.3, 0.4) is 0 Å². The second kappa shape index (κ2) is 7.22. The van der Waals surface area contributed by atoms with Gasteiger partial charge < -0.3 is 10.4 Å². The normalized spacial score (nSPS) is 20.3. The molecule has 1 amide bonds. The fourth-order valence-corrected chi connectivity index (χ4v) is 2.84. The molecule has 0 radical (unpaired) electrons. The second-order valence-corrected chi connectivity index (χ2v) is 6.06. The summed E-state index contributed by atoms with van der Waals surface area (Å²) in [6.07, 6.45) is 0.481. The summed E-state index contributed by atoms with van der Waals surface area (Å²) in [6, 6.07) is 7.96. The second-order valence-electron chi connectivity index (χ2n) is 4.87. The van der Waals surface area contributed by atoms with Gasteiger partial charge in [-0.2, -0.15) is 5.10 Å². The third-order valence-corrected chi connectivity index (χ3v) is 4.19. The van der Waals surface area contributed by atoms with Gasteiger partial charge in [-0.15, -0.1) is 5.10 Å². The van der Waals surface area contributed by atoms with Crippen molar-refractivity contribution >= 4 is 34.5 Å². The Morgan fingerprint density at radius 2 is 2.05 bits per heavy atom. The van der Waals surface area contributed by atoms with Crippen molar-refractivity contribution in [1.82, 2.24) is 5.32 Å². The van der Waals surface area contributed by atoms with Crippen LogP contribution in [0.5, 0.6) is 0 Å². The molecule has 1 unspecified atom stereocenters. The molecule has 0 aromatic heterocycles. The molecule has 0 aliphatic carbocycles. The Labute approximate surface area is 132 Å². The van der Waals surface area contributed by atoms with Gasteiger partial charge in [0.15, 0.2) is 5.17 Å². The number of amidine groups is 1. The molecule has 22 heavy (non-hydrogen) atoms. The maximum absolute atomic E-state index is 11.6. The zero-order chi connectivity index (χ0) is 16.1. The molecule has 0 bridgehead atoms. The van der Waals surface area contributed by atoms with Gasteiger partial charge in [0, 0.05) is 0 Å². The molecule has 1 fully saturated rings. The highest BCUT2D eigenvalue weighted by molar-refractivity contribution is 8.15. The number of carboxylic acid groups (broad SMARTS) is 1. The molecule has 1 atom stereocenters. The SMILES string of the molecule is CCC(=NN=C1NC(=O)C(CC(=O)O)S1)c1ccc(C)cc1. The number of nitrogens with zero attached hydrogens (tertiary/aromatic N) is 2. The van der Waals surface area contributed by atoms with Crippen molar-refractivity contribution in [2.45, 2.75) is 31.9 Å². The first-order chi connectivity index (χ1) is 10.5. The third-order valence-electron chi connectivity index (χ3n) is 3.12. The fraction of sp³-hybridized carbons (Fsp3) is 0.333. The van der Waals surface area contributed by atoms with Crippen molar-refractivity contribution in [3.05, 3.63) is 35.4 Å². The zero-order valence-electron chi connectivity index (χ0n) is 12.4. The lowest BCUT2D eigenvalue weighted by Gasteiger charge is -2.02. The number of hydrogen-bond donors (Lipinski definition) is 2. The van der Waals surface area contributed by atoms with Gasteiger partial charge >= 0.3 is 5.97 Å². The summed E-state index contributed by atoms with van der Waals surface area (Å²) in [5.74, 6) is -1.35. The number of aliphatic carboxylic acids is 1. The van der Waals surface area contributed by atoms with Gasteiger partial charge in [0.05, 0.1) is 12.1 Å². The van der Waals surface area contributed by atoms with Crippen molar-refractivity contribution < 1.29 is 14.7 Å². The first-order valence-corrected chi connectivity index (χ1v) is 7.78. The van der Waals surface area contributed by atoms with E-state index in [2.05, 4.69) is 15.5 Å². The van der Waals surface area contributed by atoms with Crippen molar-refractivity contribution in [3.8, 4) is 0 Å². The number of carboxylic acids is 1. The molecule has 116 valence electrons. The summed E-state index contributed by atoms with van der Waals surface area (Å²) in [4.78, 5) is 22.3. The van der Waals surface area contributed by atoms with Crippen molar-refractivity contribution in [1.29, 1.82) is 0 Å². The average molecular weight is 319 g/mol. The highest BCUT2D eigenvalue weighted by atomic mass is 32.2. The fourth-order valence-electron chi connectivity index (χ4n) is 1.93. The van der Waals surface area contributed by atoms with Gasteiger partial charge in [0.2, 0.25) is 5.91 Å². The predicted molar refractivity (Wildman–Crippen MR) is 87.2 cm³/mol. The molecular formula is C15H17N3O3S. The molecule has 7 heteroatoms. The molecule has 6 nitrogen and oxygen atoms in total. The number of nitrogens with one attached hydrogen (secondary N) is 1. The van der Waals surface area contributed by atoms with Crippen LogP contribution in [0.1, 0.15) is 30.9 Å². The number of rotatable bonds is 5. The minimum Gasteiger partial charge on any atom is -0.481 e. The Bertz CT molecular complexity index is 638. The molecule has 1 heterocycles. The molecule has 1 aromatic rings. The lowest BCUT2D eigenvalue weighted by atomic mass is 10.1. The summed E-state index contributed by atoms with van der Waals surface area (Å²) in [7, 11) is 0.